The maximum atomic E-state index is 12.1. The summed E-state index contributed by atoms with van der Waals surface area (Å²) in [4.78, 5) is 21.3. The van der Waals surface area contributed by atoms with Crippen LogP contribution in [0.2, 0.25) is 0 Å². The first kappa shape index (κ1) is 21.4. The first-order valence-corrected chi connectivity index (χ1v) is 10.4. The minimum absolute atomic E-state index is 0.0255. The largest absolute Gasteiger partial charge is 0.361 e. The highest BCUT2D eigenvalue weighted by atomic mass is 16.2. The Balaban J connectivity index is 1.41. The molecule has 0 saturated heterocycles. The molecule has 3 N–H and O–H groups in total. The van der Waals surface area contributed by atoms with E-state index in [1.807, 2.05) is 24.3 Å². The van der Waals surface area contributed by atoms with E-state index < -0.39 is 0 Å². The molecule has 0 atom stereocenters. The molecule has 0 aliphatic carbocycles. The molecule has 0 bridgehead atoms. The second-order valence-electron chi connectivity index (χ2n) is 7.54. The number of carbonyl (C=O) groups excluding carboxylic acids is 1. The van der Waals surface area contributed by atoms with Gasteiger partial charge in [-0.3, -0.25) is 9.79 Å². The fraction of sp³-hybridized carbons (Fsp3) is 0.333. The molecule has 1 amide bonds. The van der Waals surface area contributed by atoms with Crippen molar-refractivity contribution in [3.63, 3.8) is 0 Å². The quantitative estimate of drug-likeness (QED) is 0.306. The Bertz CT molecular complexity index is 1010. The molecule has 2 aromatic carbocycles. The van der Waals surface area contributed by atoms with Gasteiger partial charge < -0.3 is 20.5 Å². The number of para-hydroxylation sites is 1. The van der Waals surface area contributed by atoms with Gasteiger partial charge in [-0.2, -0.15) is 0 Å². The number of fused-ring (bicyclic) bond motifs is 1. The van der Waals surface area contributed by atoms with Gasteiger partial charge in [0.2, 0.25) is 0 Å². The number of carbonyl (C=O) groups is 1. The molecule has 6 heteroatoms. The predicted molar refractivity (Wildman–Crippen MR) is 124 cm³/mol. The Hall–Kier alpha value is -3.28. The second-order valence-corrected chi connectivity index (χ2v) is 7.54. The van der Waals surface area contributed by atoms with Gasteiger partial charge in [0.05, 0.1) is 0 Å². The van der Waals surface area contributed by atoms with Crippen molar-refractivity contribution in [3.8, 4) is 0 Å². The number of aliphatic imine (C=N–C) groups is 1. The van der Waals surface area contributed by atoms with Crippen molar-refractivity contribution in [1.29, 1.82) is 0 Å². The van der Waals surface area contributed by atoms with E-state index in [1.165, 1.54) is 16.5 Å². The number of hydrogen-bond acceptors (Lipinski definition) is 2. The molecule has 30 heavy (non-hydrogen) atoms. The van der Waals surface area contributed by atoms with Gasteiger partial charge in [-0.15, -0.1) is 0 Å². The van der Waals surface area contributed by atoms with Crippen molar-refractivity contribution in [2.75, 3.05) is 34.2 Å². The number of guanidine groups is 1. The van der Waals surface area contributed by atoms with E-state index in [1.54, 1.807) is 26.0 Å². The van der Waals surface area contributed by atoms with Crippen molar-refractivity contribution >= 4 is 22.8 Å². The molecule has 0 spiro atoms. The zero-order chi connectivity index (χ0) is 21.3. The summed E-state index contributed by atoms with van der Waals surface area (Å²) < 4.78 is 0. The third-order valence-corrected chi connectivity index (χ3v) is 5.10. The van der Waals surface area contributed by atoms with Crippen molar-refractivity contribution in [3.05, 3.63) is 71.4 Å². The SMILES string of the molecule is CN=C(NCCCc1c[nH]c2ccccc12)NCCc1cccc(C(=O)N(C)C)c1. The number of hydrogen-bond donors (Lipinski definition) is 3. The first-order valence-electron chi connectivity index (χ1n) is 10.4. The molecule has 1 aromatic heterocycles. The van der Waals surface area contributed by atoms with Crippen LogP contribution in [0.5, 0.6) is 0 Å². The van der Waals surface area contributed by atoms with Gasteiger partial charge in [0, 0.05) is 56.9 Å². The van der Waals surface area contributed by atoms with Crippen molar-refractivity contribution in [1.82, 2.24) is 20.5 Å². The van der Waals surface area contributed by atoms with Gasteiger partial charge in [-0.1, -0.05) is 30.3 Å². The van der Waals surface area contributed by atoms with Crippen molar-refractivity contribution in [2.45, 2.75) is 19.3 Å². The van der Waals surface area contributed by atoms with Gasteiger partial charge in [0.15, 0.2) is 5.96 Å². The van der Waals surface area contributed by atoms with E-state index in [4.69, 9.17) is 0 Å². The van der Waals surface area contributed by atoms with E-state index in [-0.39, 0.29) is 5.91 Å². The molecular weight excluding hydrogens is 374 g/mol. The van der Waals surface area contributed by atoms with Crippen LogP contribution in [0.25, 0.3) is 10.9 Å². The van der Waals surface area contributed by atoms with Crippen LogP contribution in [0, 0.1) is 0 Å². The molecule has 158 valence electrons. The third-order valence-electron chi connectivity index (χ3n) is 5.10. The lowest BCUT2D eigenvalue weighted by molar-refractivity contribution is 0.0827. The molecule has 0 aliphatic heterocycles. The summed E-state index contributed by atoms with van der Waals surface area (Å²) in [7, 11) is 5.32. The standard InChI is InChI=1S/C24H31N5O/c1-25-24(26-14-7-10-20-17-28-22-12-5-4-11-21(20)22)27-15-13-18-8-6-9-19(16-18)23(30)29(2)3/h4-6,8-9,11-12,16-17,28H,7,10,13-15H2,1-3H3,(H2,25,26,27). The monoisotopic (exact) mass is 405 g/mol. The molecule has 3 rings (SSSR count). The number of aromatic nitrogens is 1. The normalized spacial score (nSPS) is 11.5. The van der Waals surface area contributed by atoms with Crippen LogP contribution < -0.4 is 10.6 Å². The van der Waals surface area contributed by atoms with Crippen LogP contribution in [0.15, 0.2) is 59.7 Å². The lowest BCUT2D eigenvalue weighted by atomic mass is 10.1. The topological polar surface area (TPSA) is 72.5 Å². The second kappa shape index (κ2) is 10.5. The number of rotatable bonds is 8. The zero-order valence-corrected chi connectivity index (χ0v) is 18.0. The van der Waals surface area contributed by atoms with Gasteiger partial charge in [-0.05, 0) is 48.6 Å². The lowest BCUT2D eigenvalue weighted by Gasteiger charge is -2.13. The Kier molecular flexibility index (Phi) is 7.49. The first-order chi connectivity index (χ1) is 14.6. The number of benzene rings is 2. The number of nitrogens with one attached hydrogen (secondary N) is 3. The van der Waals surface area contributed by atoms with Crippen molar-refractivity contribution < 1.29 is 4.79 Å². The van der Waals surface area contributed by atoms with E-state index in [9.17, 15) is 4.79 Å². The highest BCUT2D eigenvalue weighted by Crippen LogP contribution is 2.18. The minimum atomic E-state index is 0.0255. The lowest BCUT2D eigenvalue weighted by Crippen LogP contribution is -2.38. The number of H-pyrrole nitrogens is 1. The van der Waals surface area contributed by atoms with Gasteiger partial charge in [0.25, 0.3) is 5.91 Å². The number of aryl methyl sites for hydroxylation is 1. The Morgan fingerprint density at radius 3 is 2.63 bits per heavy atom. The third kappa shape index (κ3) is 5.63. The van der Waals surface area contributed by atoms with E-state index >= 15 is 0 Å². The molecule has 6 nitrogen and oxygen atoms in total. The van der Waals surface area contributed by atoms with E-state index in [0.29, 0.717) is 0 Å². The molecule has 0 aliphatic rings. The van der Waals surface area contributed by atoms with Crippen molar-refractivity contribution in [2.24, 2.45) is 4.99 Å². The van der Waals surface area contributed by atoms with Crippen LogP contribution in [0.4, 0.5) is 0 Å². The number of aromatic amines is 1. The molecule has 0 fully saturated rings. The van der Waals surface area contributed by atoms with Crippen LogP contribution >= 0.6 is 0 Å². The summed E-state index contributed by atoms with van der Waals surface area (Å²) >= 11 is 0. The fourth-order valence-electron chi connectivity index (χ4n) is 3.49. The van der Waals surface area contributed by atoms with Crippen LogP contribution in [0.1, 0.15) is 27.9 Å². The van der Waals surface area contributed by atoms with Gasteiger partial charge >= 0.3 is 0 Å². The number of nitrogens with zero attached hydrogens (tertiary/aromatic N) is 2. The molecule has 0 radical (unpaired) electrons. The number of amides is 1. The van der Waals surface area contributed by atoms with E-state index in [0.717, 1.165) is 49.4 Å². The Morgan fingerprint density at radius 1 is 1.03 bits per heavy atom. The predicted octanol–water partition coefficient (Wildman–Crippen LogP) is 3.21. The maximum absolute atomic E-state index is 12.1. The van der Waals surface area contributed by atoms with E-state index in [2.05, 4.69) is 51.1 Å². The summed E-state index contributed by atoms with van der Waals surface area (Å²) in [6, 6.07) is 16.2. The zero-order valence-electron chi connectivity index (χ0n) is 18.0. The maximum Gasteiger partial charge on any atom is 0.253 e. The molecule has 0 saturated carbocycles. The minimum Gasteiger partial charge on any atom is -0.361 e. The van der Waals surface area contributed by atoms with Gasteiger partial charge in [0.1, 0.15) is 0 Å². The Morgan fingerprint density at radius 2 is 1.83 bits per heavy atom. The van der Waals surface area contributed by atoms with Crippen LogP contribution in [-0.2, 0) is 12.8 Å². The average molecular weight is 406 g/mol. The summed E-state index contributed by atoms with van der Waals surface area (Å²) in [5, 5.41) is 8.03. The highest BCUT2D eigenvalue weighted by molar-refractivity contribution is 5.94. The highest BCUT2D eigenvalue weighted by Gasteiger charge is 2.08. The van der Waals surface area contributed by atoms with Gasteiger partial charge in [-0.25, -0.2) is 0 Å². The molecule has 3 aromatic rings. The Labute approximate surface area is 178 Å². The summed E-state index contributed by atoms with van der Waals surface area (Å²) in [6.07, 6.45) is 4.97. The molecule has 0 unspecified atom stereocenters. The van der Waals surface area contributed by atoms with Crippen LogP contribution in [-0.4, -0.2) is 56.0 Å². The summed E-state index contributed by atoms with van der Waals surface area (Å²) in [6.45, 7) is 1.60. The fourth-order valence-corrected chi connectivity index (χ4v) is 3.49. The smallest absolute Gasteiger partial charge is 0.253 e. The summed E-state index contributed by atoms with van der Waals surface area (Å²) in [5.74, 6) is 0.826. The van der Waals surface area contributed by atoms with Crippen LogP contribution in [0.3, 0.4) is 0 Å². The average Bonchev–Trinajstić information content (AvgIpc) is 3.18. The molecule has 1 heterocycles. The molecular formula is C24H31N5O. The summed E-state index contributed by atoms with van der Waals surface area (Å²) in [5.41, 5.74) is 4.39.